The van der Waals surface area contributed by atoms with Gasteiger partial charge in [0.05, 0.1) is 6.10 Å². The van der Waals surface area contributed by atoms with Gasteiger partial charge in [0, 0.05) is 6.42 Å². The van der Waals surface area contributed by atoms with Gasteiger partial charge in [-0.15, -0.1) is 0 Å². The Morgan fingerprint density at radius 1 is 1.08 bits per heavy atom. The normalized spacial score (nSPS) is 52.2. The molecule has 4 aliphatic rings. The molecule has 1 N–H and O–H groups in total. The summed E-state index contributed by atoms with van der Waals surface area (Å²) in [6, 6.07) is 0. The number of allylic oxidation sites excluding steroid dienone is 1. The van der Waals surface area contributed by atoms with Gasteiger partial charge in [0.15, 0.2) is 5.78 Å². The molecule has 0 spiro atoms. The van der Waals surface area contributed by atoms with E-state index >= 15 is 0 Å². The molecule has 0 aromatic carbocycles. The Kier molecular flexibility index (Phi) is 4.04. The van der Waals surface area contributed by atoms with Crippen LogP contribution in [-0.2, 0) is 4.79 Å². The summed E-state index contributed by atoms with van der Waals surface area (Å²) in [4.78, 5) is 12.3. The van der Waals surface area contributed by atoms with Crippen LogP contribution in [0, 0.1) is 34.0 Å². The number of hydrogen-bond donors (Lipinski definition) is 1. The maximum absolute atomic E-state index is 12.3. The molecule has 2 heteroatoms. The zero-order valence-corrected chi connectivity index (χ0v) is 16.6. The summed E-state index contributed by atoms with van der Waals surface area (Å²) in [5.74, 6) is 2.29. The van der Waals surface area contributed by atoms with Crippen LogP contribution in [0.2, 0.25) is 0 Å². The van der Waals surface area contributed by atoms with Crippen molar-refractivity contribution in [3.05, 3.63) is 11.6 Å². The molecule has 1 unspecified atom stereocenters. The van der Waals surface area contributed by atoms with Crippen molar-refractivity contribution in [3.8, 4) is 0 Å². The quantitative estimate of drug-likeness (QED) is 0.738. The summed E-state index contributed by atoms with van der Waals surface area (Å²) in [7, 11) is 0. The Morgan fingerprint density at radius 3 is 2.52 bits per heavy atom. The minimum Gasteiger partial charge on any atom is -0.393 e. The second-order valence-electron chi connectivity index (χ2n) is 10.3. The lowest BCUT2D eigenvalue weighted by Gasteiger charge is -2.63. The lowest BCUT2D eigenvalue weighted by atomic mass is 9.41. The number of hydrogen-bond acceptors (Lipinski definition) is 2. The maximum atomic E-state index is 12.3. The molecule has 25 heavy (non-hydrogen) atoms. The first kappa shape index (κ1) is 17.8. The molecule has 0 heterocycles. The highest BCUT2D eigenvalue weighted by molar-refractivity contribution is 5.92. The second-order valence-corrected chi connectivity index (χ2v) is 10.3. The molecule has 0 aliphatic heterocycles. The molecule has 3 fully saturated rings. The van der Waals surface area contributed by atoms with E-state index in [0.29, 0.717) is 23.5 Å². The van der Waals surface area contributed by atoms with E-state index in [0.717, 1.165) is 25.7 Å². The molecule has 0 saturated heterocycles. The van der Waals surface area contributed by atoms with E-state index in [1.807, 2.05) is 6.08 Å². The Hall–Kier alpha value is -0.630. The fourth-order valence-electron chi connectivity index (χ4n) is 7.89. The summed E-state index contributed by atoms with van der Waals surface area (Å²) in [5, 5.41) is 10.8. The molecule has 3 saturated carbocycles. The van der Waals surface area contributed by atoms with E-state index in [-0.39, 0.29) is 22.3 Å². The van der Waals surface area contributed by atoms with Crippen molar-refractivity contribution in [1.82, 2.24) is 0 Å². The van der Waals surface area contributed by atoms with Crippen LogP contribution in [0.25, 0.3) is 0 Å². The van der Waals surface area contributed by atoms with Crippen LogP contribution in [-0.4, -0.2) is 17.0 Å². The third-order valence-electron chi connectivity index (χ3n) is 9.71. The van der Waals surface area contributed by atoms with Gasteiger partial charge in [0.2, 0.25) is 0 Å². The predicted molar refractivity (Wildman–Crippen MR) is 101 cm³/mol. The topological polar surface area (TPSA) is 37.3 Å². The summed E-state index contributed by atoms with van der Waals surface area (Å²) >= 11 is 0. The van der Waals surface area contributed by atoms with Gasteiger partial charge in [-0.05, 0) is 85.0 Å². The van der Waals surface area contributed by atoms with Crippen molar-refractivity contribution in [2.24, 2.45) is 34.0 Å². The Labute approximate surface area is 153 Å². The van der Waals surface area contributed by atoms with Gasteiger partial charge in [-0.3, -0.25) is 4.79 Å². The average molecular weight is 345 g/mol. The molecule has 2 nitrogen and oxygen atoms in total. The lowest BCUT2D eigenvalue weighted by molar-refractivity contribution is -0.142. The largest absolute Gasteiger partial charge is 0.393 e. The molecule has 4 aliphatic carbocycles. The van der Waals surface area contributed by atoms with Crippen LogP contribution in [0.3, 0.4) is 0 Å². The highest BCUT2D eigenvalue weighted by Gasteiger charge is 2.65. The number of aliphatic hydroxyl groups is 1. The van der Waals surface area contributed by atoms with Gasteiger partial charge in [0.25, 0.3) is 0 Å². The van der Waals surface area contributed by atoms with Crippen LogP contribution in [0.5, 0.6) is 0 Å². The third-order valence-corrected chi connectivity index (χ3v) is 9.71. The van der Waals surface area contributed by atoms with Gasteiger partial charge in [-0.2, -0.15) is 0 Å². The van der Waals surface area contributed by atoms with Gasteiger partial charge in [0.1, 0.15) is 0 Å². The van der Waals surface area contributed by atoms with E-state index in [4.69, 9.17) is 0 Å². The van der Waals surface area contributed by atoms with Gasteiger partial charge < -0.3 is 5.11 Å². The van der Waals surface area contributed by atoms with E-state index in [2.05, 4.69) is 27.7 Å². The first-order valence-electron chi connectivity index (χ1n) is 10.7. The van der Waals surface area contributed by atoms with Crippen molar-refractivity contribution in [2.45, 2.75) is 91.6 Å². The molecule has 7 atom stereocenters. The molecular formula is C23H36O2. The SMILES string of the molecule is CCC[C@H]1CC(=O)C=C2CC[C@@H]3C(CC[C@]4(C)[C@@H](O)CC[C@@]34C)[C@]21C. The predicted octanol–water partition coefficient (Wildman–Crippen LogP) is 5.30. The van der Waals surface area contributed by atoms with E-state index in [1.54, 1.807) is 0 Å². The Bertz CT molecular complexity index is 607. The summed E-state index contributed by atoms with van der Waals surface area (Å²) < 4.78 is 0. The molecule has 140 valence electrons. The minimum absolute atomic E-state index is 0.0937. The maximum Gasteiger partial charge on any atom is 0.155 e. The molecule has 0 aromatic rings. The molecule has 0 aromatic heterocycles. The van der Waals surface area contributed by atoms with Crippen LogP contribution < -0.4 is 0 Å². The molecular weight excluding hydrogens is 308 g/mol. The van der Waals surface area contributed by atoms with Crippen molar-refractivity contribution < 1.29 is 9.90 Å². The van der Waals surface area contributed by atoms with Crippen LogP contribution in [0.15, 0.2) is 11.6 Å². The molecule has 0 bridgehead atoms. The van der Waals surface area contributed by atoms with Crippen molar-refractivity contribution in [1.29, 1.82) is 0 Å². The molecule has 0 radical (unpaired) electrons. The zero-order chi connectivity index (χ0) is 18.0. The van der Waals surface area contributed by atoms with Crippen molar-refractivity contribution in [3.63, 3.8) is 0 Å². The summed E-state index contributed by atoms with van der Waals surface area (Å²) in [6.07, 6.45) is 11.9. The van der Waals surface area contributed by atoms with Crippen LogP contribution >= 0.6 is 0 Å². The van der Waals surface area contributed by atoms with Gasteiger partial charge >= 0.3 is 0 Å². The fourth-order valence-corrected chi connectivity index (χ4v) is 7.89. The number of aliphatic hydroxyl groups excluding tert-OH is 1. The van der Waals surface area contributed by atoms with Crippen molar-refractivity contribution in [2.75, 3.05) is 0 Å². The second kappa shape index (κ2) is 5.68. The number of fused-ring (bicyclic) bond motifs is 5. The highest BCUT2D eigenvalue weighted by atomic mass is 16.3. The third kappa shape index (κ3) is 2.16. The minimum atomic E-state index is -0.123. The Balaban J connectivity index is 1.76. The zero-order valence-electron chi connectivity index (χ0n) is 16.6. The Morgan fingerprint density at radius 2 is 1.80 bits per heavy atom. The average Bonchev–Trinajstić information content (AvgIpc) is 2.81. The highest BCUT2D eigenvalue weighted by Crippen LogP contribution is 2.71. The summed E-state index contributed by atoms with van der Waals surface area (Å²) in [6.45, 7) is 9.61. The van der Waals surface area contributed by atoms with Gasteiger partial charge in [-0.25, -0.2) is 0 Å². The number of carbonyl (C=O) groups excluding carboxylic acids is 1. The van der Waals surface area contributed by atoms with Crippen LogP contribution in [0.1, 0.15) is 85.5 Å². The summed E-state index contributed by atoms with van der Waals surface area (Å²) in [5.41, 5.74) is 2.04. The van der Waals surface area contributed by atoms with E-state index in [1.165, 1.54) is 37.7 Å². The molecule has 0 amide bonds. The monoisotopic (exact) mass is 344 g/mol. The fraction of sp³-hybridized carbons (Fsp3) is 0.870. The number of carbonyl (C=O) groups is 1. The lowest BCUT2D eigenvalue weighted by Crippen LogP contribution is -2.58. The van der Waals surface area contributed by atoms with E-state index in [9.17, 15) is 9.90 Å². The first-order chi connectivity index (χ1) is 11.8. The number of ketones is 1. The van der Waals surface area contributed by atoms with E-state index < -0.39 is 0 Å². The number of rotatable bonds is 2. The molecule has 4 rings (SSSR count). The van der Waals surface area contributed by atoms with Gasteiger partial charge in [-0.1, -0.05) is 39.7 Å². The standard InChI is InChI=1S/C23H36O2/c1-5-6-15-13-17(24)14-16-7-8-18-19(23(15,16)4)9-11-22(3)20(25)10-12-21(18,22)2/h14-15,18-20,25H,5-13H2,1-4H3/t15-,18+,19?,20-,21-,22+,23-/m0/s1. The van der Waals surface area contributed by atoms with Crippen molar-refractivity contribution >= 4 is 5.78 Å². The van der Waals surface area contributed by atoms with Crippen LogP contribution in [0.4, 0.5) is 0 Å². The first-order valence-corrected chi connectivity index (χ1v) is 10.7. The smallest absolute Gasteiger partial charge is 0.155 e.